The average molecular weight is 260 g/mol. The largest absolute Gasteiger partial charge is 0.480 e. The Morgan fingerprint density at radius 3 is 2.65 bits per heavy atom. The van der Waals surface area contributed by atoms with Crippen molar-refractivity contribution < 1.29 is 14.3 Å². The fourth-order valence-electron chi connectivity index (χ4n) is 1.48. The summed E-state index contributed by atoms with van der Waals surface area (Å²) in [4.78, 5) is 11.0. The van der Waals surface area contributed by atoms with Crippen LogP contribution in [0, 0.1) is 11.7 Å². The van der Waals surface area contributed by atoms with E-state index in [1.54, 1.807) is 0 Å². The molecule has 94 valence electrons. The standard InChI is InChI=1S/C12H15ClFNO2/c1-7(2)5-11(12(16)17)15-8-3-4-10(14)9(13)6-8/h3-4,6-7,11,15H,5H2,1-2H3,(H,16,17). The third-order valence-corrected chi connectivity index (χ3v) is 2.56. The lowest BCUT2D eigenvalue weighted by Crippen LogP contribution is -2.30. The van der Waals surface area contributed by atoms with Gasteiger partial charge in [-0.15, -0.1) is 0 Å². The first-order chi connectivity index (χ1) is 7.90. The van der Waals surface area contributed by atoms with Gasteiger partial charge in [0.1, 0.15) is 11.9 Å². The molecule has 5 heteroatoms. The number of carbonyl (C=O) groups is 1. The van der Waals surface area contributed by atoms with Crippen molar-refractivity contribution in [3.8, 4) is 0 Å². The molecule has 17 heavy (non-hydrogen) atoms. The van der Waals surface area contributed by atoms with Crippen molar-refractivity contribution in [1.82, 2.24) is 0 Å². The number of rotatable bonds is 5. The van der Waals surface area contributed by atoms with Crippen LogP contribution >= 0.6 is 11.6 Å². The molecule has 2 N–H and O–H groups in total. The van der Waals surface area contributed by atoms with E-state index in [4.69, 9.17) is 16.7 Å². The zero-order valence-electron chi connectivity index (χ0n) is 9.71. The van der Waals surface area contributed by atoms with Crippen molar-refractivity contribution in [2.24, 2.45) is 5.92 Å². The number of halogens is 2. The molecule has 0 fully saturated rings. The van der Waals surface area contributed by atoms with E-state index in [0.717, 1.165) is 0 Å². The minimum atomic E-state index is -0.931. The van der Waals surface area contributed by atoms with Crippen LogP contribution in [-0.4, -0.2) is 17.1 Å². The number of hydrogen-bond acceptors (Lipinski definition) is 2. The maximum atomic E-state index is 12.9. The van der Waals surface area contributed by atoms with Gasteiger partial charge in [0.25, 0.3) is 0 Å². The molecule has 0 saturated carbocycles. The Morgan fingerprint density at radius 1 is 1.53 bits per heavy atom. The molecule has 0 aliphatic heterocycles. The van der Waals surface area contributed by atoms with Crippen molar-refractivity contribution in [2.75, 3.05) is 5.32 Å². The molecule has 0 amide bonds. The van der Waals surface area contributed by atoms with Crippen LogP contribution in [0.3, 0.4) is 0 Å². The van der Waals surface area contributed by atoms with Crippen LogP contribution in [0.1, 0.15) is 20.3 Å². The van der Waals surface area contributed by atoms with Crippen LogP contribution in [0.2, 0.25) is 5.02 Å². The summed E-state index contributed by atoms with van der Waals surface area (Å²) in [5.74, 6) is -1.20. The minimum absolute atomic E-state index is 0.0244. The van der Waals surface area contributed by atoms with Crippen LogP contribution in [0.15, 0.2) is 18.2 Å². The first-order valence-electron chi connectivity index (χ1n) is 5.34. The van der Waals surface area contributed by atoms with E-state index in [0.29, 0.717) is 12.1 Å². The highest BCUT2D eigenvalue weighted by Crippen LogP contribution is 2.21. The Hall–Kier alpha value is -1.29. The first kappa shape index (κ1) is 13.8. The fraction of sp³-hybridized carbons (Fsp3) is 0.417. The molecular formula is C12H15ClFNO2. The highest BCUT2D eigenvalue weighted by Gasteiger charge is 2.18. The Kier molecular flexibility index (Phi) is 4.75. The van der Waals surface area contributed by atoms with E-state index in [2.05, 4.69) is 5.32 Å². The predicted octanol–water partition coefficient (Wildman–Crippen LogP) is 3.39. The summed E-state index contributed by atoms with van der Waals surface area (Å²) in [5.41, 5.74) is 0.504. The zero-order chi connectivity index (χ0) is 13.0. The second-order valence-corrected chi connectivity index (χ2v) is 4.70. The average Bonchev–Trinajstić information content (AvgIpc) is 2.21. The topological polar surface area (TPSA) is 49.3 Å². The molecule has 0 heterocycles. The molecule has 1 unspecified atom stereocenters. The SMILES string of the molecule is CC(C)CC(Nc1ccc(F)c(Cl)c1)C(=O)O. The summed E-state index contributed by atoms with van der Waals surface area (Å²) in [6, 6.07) is 3.36. The second kappa shape index (κ2) is 5.87. The summed E-state index contributed by atoms with van der Waals surface area (Å²) in [6.07, 6.45) is 0.490. The summed E-state index contributed by atoms with van der Waals surface area (Å²) < 4.78 is 12.9. The number of nitrogens with one attached hydrogen (secondary N) is 1. The third kappa shape index (κ3) is 4.23. The molecule has 0 aliphatic carbocycles. The highest BCUT2D eigenvalue weighted by atomic mass is 35.5. The Morgan fingerprint density at radius 2 is 2.18 bits per heavy atom. The molecule has 0 aromatic heterocycles. The molecule has 0 bridgehead atoms. The second-order valence-electron chi connectivity index (χ2n) is 4.29. The lowest BCUT2D eigenvalue weighted by atomic mass is 10.0. The molecule has 1 aromatic rings. The summed E-state index contributed by atoms with van der Waals surface area (Å²) in [7, 11) is 0. The number of aliphatic carboxylic acids is 1. The molecule has 1 atom stereocenters. The van der Waals surface area contributed by atoms with Crippen LogP contribution in [0.25, 0.3) is 0 Å². The van der Waals surface area contributed by atoms with Crippen molar-refractivity contribution >= 4 is 23.3 Å². The van der Waals surface area contributed by atoms with Crippen LogP contribution in [0.4, 0.5) is 10.1 Å². The molecule has 0 radical (unpaired) electrons. The van der Waals surface area contributed by atoms with Gasteiger partial charge in [0.2, 0.25) is 0 Å². The van der Waals surface area contributed by atoms with Gasteiger partial charge in [-0.1, -0.05) is 25.4 Å². The van der Waals surface area contributed by atoms with Gasteiger partial charge in [-0.25, -0.2) is 9.18 Å². The third-order valence-electron chi connectivity index (χ3n) is 2.27. The van der Waals surface area contributed by atoms with E-state index in [-0.39, 0.29) is 10.9 Å². The van der Waals surface area contributed by atoms with E-state index in [1.807, 2.05) is 13.8 Å². The number of carboxylic acids is 1. The normalized spacial score (nSPS) is 12.5. The van der Waals surface area contributed by atoms with Gasteiger partial charge in [0.05, 0.1) is 5.02 Å². The Balaban J connectivity index is 2.78. The van der Waals surface area contributed by atoms with Crippen molar-refractivity contribution in [3.05, 3.63) is 29.0 Å². The minimum Gasteiger partial charge on any atom is -0.480 e. The lowest BCUT2D eigenvalue weighted by molar-refractivity contribution is -0.138. The van der Waals surface area contributed by atoms with E-state index in [9.17, 15) is 9.18 Å². The number of carboxylic acid groups (broad SMARTS) is 1. The predicted molar refractivity (Wildman–Crippen MR) is 65.9 cm³/mol. The van der Waals surface area contributed by atoms with Crippen LogP contribution in [0.5, 0.6) is 0 Å². The molecular weight excluding hydrogens is 245 g/mol. The fourth-order valence-corrected chi connectivity index (χ4v) is 1.66. The van der Waals surface area contributed by atoms with Crippen molar-refractivity contribution in [1.29, 1.82) is 0 Å². The molecule has 0 spiro atoms. The van der Waals surface area contributed by atoms with Gasteiger partial charge >= 0.3 is 5.97 Å². The van der Waals surface area contributed by atoms with Crippen LogP contribution in [-0.2, 0) is 4.79 Å². The molecule has 0 saturated heterocycles. The van der Waals surface area contributed by atoms with Crippen molar-refractivity contribution in [3.63, 3.8) is 0 Å². The van der Waals surface area contributed by atoms with Gasteiger partial charge in [0.15, 0.2) is 0 Å². The maximum absolute atomic E-state index is 12.9. The van der Waals surface area contributed by atoms with Crippen LogP contribution < -0.4 is 5.32 Å². The molecule has 1 rings (SSSR count). The van der Waals surface area contributed by atoms with Crippen molar-refractivity contribution in [2.45, 2.75) is 26.3 Å². The van der Waals surface area contributed by atoms with E-state index in [1.165, 1.54) is 18.2 Å². The summed E-state index contributed by atoms with van der Waals surface area (Å²) >= 11 is 5.62. The summed E-state index contributed by atoms with van der Waals surface area (Å²) in [5, 5.41) is 11.8. The van der Waals surface area contributed by atoms with Gasteiger partial charge < -0.3 is 10.4 Å². The Bertz CT molecular complexity index is 409. The Labute approximate surface area is 105 Å². The van der Waals surface area contributed by atoms with Gasteiger partial charge in [-0.3, -0.25) is 0 Å². The first-order valence-corrected chi connectivity index (χ1v) is 5.72. The quantitative estimate of drug-likeness (QED) is 0.852. The monoisotopic (exact) mass is 259 g/mol. The number of hydrogen-bond donors (Lipinski definition) is 2. The summed E-state index contributed by atoms with van der Waals surface area (Å²) in [6.45, 7) is 3.88. The highest BCUT2D eigenvalue weighted by molar-refractivity contribution is 6.31. The van der Waals surface area contributed by atoms with Gasteiger partial charge in [-0.05, 0) is 30.5 Å². The maximum Gasteiger partial charge on any atom is 0.326 e. The van der Waals surface area contributed by atoms with E-state index >= 15 is 0 Å². The van der Waals surface area contributed by atoms with Gasteiger partial charge in [-0.2, -0.15) is 0 Å². The zero-order valence-corrected chi connectivity index (χ0v) is 10.5. The smallest absolute Gasteiger partial charge is 0.326 e. The molecule has 0 aliphatic rings. The van der Waals surface area contributed by atoms with Gasteiger partial charge in [0, 0.05) is 5.69 Å². The number of anilines is 1. The molecule has 1 aromatic carbocycles. The molecule has 3 nitrogen and oxygen atoms in total. The lowest BCUT2D eigenvalue weighted by Gasteiger charge is -2.17. The van der Waals surface area contributed by atoms with E-state index < -0.39 is 17.8 Å². The number of benzene rings is 1.